The number of fused-ring (bicyclic) bond motifs is 1. The largest absolute Gasteiger partial charge is 0.494 e. The number of anilines is 1. The van der Waals surface area contributed by atoms with Gasteiger partial charge in [-0.15, -0.1) is 6.42 Å². The van der Waals surface area contributed by atoms with Crippen LogP contribution in [0.4, 0.5) is 5.69 Å². The molecule has 142 valence electrons. The molecule has 0 aromatic heterocycles. The Kier molecular flexibility index (Phi) is 5.97. The van der Waals surface area contributed by atoms with Crippen LogP contribution in [0.3, 0.4) is 0 Å². The van der Waals surface area contributed by atoms with Gasteiger partial charge in [0.15, 0.2) is 0 Å². The zero-order valence-corrected chi connectivity index (χ0v) is 15.5. The first kappa shape index (κ1) is 19.1. The Morgan fingerprint density at radius 2 is 2.04 bits per heavy atom. The number of hydrogen-bond acceptors (Lipinski definition) is 4. The Morgan fingerprint density at radius 3 is 2.82 bits per heavy atom. The van der Waals surface area contributed by atoms with Crippen molar-refractivity contribution < 1.29 is 19.1 Å². The molecule has 0 spiro atoms. The molecule has 2 aromatic rings. The van der Waals surface area contributed by atoms with Crippen molar-refractivity contribution in [1.29, 1.82) is 0 Å². The van der Waals surface area contributed by atoms with Gasteiger partial charge in [0, 0.05) is 5.56 Å². The molecular weight excluding hydrogens is 356 g/mol. The Hall–Kier alpha value is -3.72. The van der Waals surface area contributed by atoms with E-state index in [1.807, 2.05) is 25.1 Å². The SMILES string of the molecule is C#CCNC(=O)c1ccccc1NC(=O)C1=Cc2cc(OCC)ccc2OC1. The average molecular weight is 376 g/mol. The van der Waals surface area contributed by atoms with E-state index < -0.39 is 0 Å². The van der Waals surface area contributed by atoms with Gasteiger partial charge >= 0.3 is 0 Å². The summed E-state index contributed by atoms with van der Waals surface area (Å²) in [5, 5.41) is 5.37. The first-order chi connectivity index (χ1) is 13.6. The van der Waals surface area contributed by atoms with Gasteiger partial charge in [0.2, 0.25) is 0 Å². The normalized spacial score (nSPS) is 11.9. The second-order valence-corrected chi connectivity index (χ2v) is 5.98. The van der Waals surface area contributed by atoms with Gasteiger partial charge in [0.25, 0.3) is 11.8 Å². The minimum absolute atomic E-state index is 0.110. The molecule has 2 amide bonds. The third kappa shape index (κ3) is 4.33. The lowest BCUT2D eigenvalue weighted by Gasteiger charge is -2.19. The number of rotatable bonds is 6. The highest BCUT2D eigenvalue weighted by atomic mass is 16.5. The summed E-state index contributed by atoms with van der Waals surface area (Å²) in [7, 11) is 0. The molecule has 0 atom stereocenters. The summed E-state index contributed by atoms with van der Waals surface area (Å²) in [5.74, 6) is 3.05. The van der Waals surface area contributed by atoms with E-state index in [0.717, 1.165) is 5.56 Å². The number of ether oxygens (including phenoxy) is 2. The topological polar surface area (TPSA) is 76.7 Å². The first-order valence-corrected chi connectivity index (χ1v) is 8.84. The molecular formula is C22H20N2O4. The number of terminal acetylenes is 1. The predicted molar refractivity (Wildman–Crippen MR) is 107 cm³/mol. The van der Waals surface area contributed by atoms with Crippen LogP contribution < -0.4 is 20.1 Å². The van der Waals surface area contributed by atoms with E-state index in [1.165, 1.54) is 0 Å². The summed E-state index contributed by atoms with van der Waals surface area (Å²) in [4.78, 5) is 25.0. The van der Waals surface area contributed by atoms with E-state index in [2.05, 4.69) is 16.6 Å². The van der Waals surface area contributed by atoms with E-state index >= 15 is 0 Å². The summed E-state index contributed by atoms with van der Waals surface area (Å²) in [6.07, 6.45) is 6.94. The van der Waals surface area contributed by atoms with Gasteiger partial charge in [0.1, 0.15) is 18.1 Å². The van der Waals surface area contributed by atoms with E-state index in [4.69, 9.17) is 15.9 Å². The second kappa shape index (κ2) is 8.78. The van der Waals surface area contributed by atoms with Crippen LogP contribution in [-0.4, -0.2) is 31.6 Å². The third-order valence-corrected chi connectivity index (χ3v) is 4.07. The van der Waals surface area contributed by atoms with Crippen LogP contribution in [0.25, 0.3) is 6.08 Å². The third-order valence-electron chi connectivity index (χ3n) is 4.07. The highest BCUT2D eigenvalue weighted by Crippen LogP contribution is 2.30. The molecule has 1 heterocycles. The number of amides is 2. The lowest BCUT2D eigenvalue weighted by Crippen LogP contribution is -2.26. The minimum Gasteiger partial charge on any atom is -0.494 e. The molecule has 0 saturated heterocycles. The zero-order valence-electron chi connectivity index (χ0n) is 15.5. The molecule has 3 rings (SSSR count). The van der Waals surface area contributed by atoms with Gasteiger partial charge in [-0.2, -0.15) is 0 Å². The van der Waals surface area contributed by atoms with E-state index in [9.17, 15) is 9.59 Å². The first-order valence-electron chi connectivity index (χ1n) is 8.84. The van der Waals surface area contributed by atoms with Crippen LogP contribution in [0, 0.1) is 12.3 Å². The summed E-state index contributed by atoms with van der Waals surface area (Å²) < 4.78 is 11.2. The summed E-state index contributed by atoms with van der Waals surface area (Å²) in [5.41, 5.74) is 1.95. The van der Waals surface area contributed by atoms with Crippen molar-refractivity contribution in [2.75, 3.05) is 25.1 Å². The molecule has 0 aliphatic carbocycles. The molecule has 28 heavy (non-hydrogen) atoms. The summed E-state index contributed by atoms with van der Waals surface area (Å²) >= 11 is 0. The quantitative estimate of drug-likeness (QED) is 0.760. The van der Waals surface area contributed by atoms with Crippen molar-refractivity contribution in [3.05, 3.63) is 59.2 Å². The average Bonchev–Trinajstić information content (AvgIpc) is 2.72. The second-order valence-electron chi connectivity index (χ2n) is 5.98. The van der Waals surface area contributed by atoms with Gasteiger partial charge in [-0.1, -0.05) is 18.1 Å². The van der Waals surface area contributed by atoms with Crippen molar-refractivity contribution in [1.82, 2.24) is 5.32 Å². The van der Waals surface area contributed by atoms with Crippen LogP contribution in [0.1, 0.15) is 22.8 Å². The molecule has 1 aliphatic rings. The lowest BCUT2D eigenvalue weighted by atomic mass is 10.1. The lowest BCUT2D eigenvalue weighted by molar-refractivity contribution is -0.113. The number of hydrogen-bond donors (Lipinski definition) is 2. The van der Waals surface area contributed by atoms with Crippen LogP contribution in [-0.2, 0) is 4.79 Å². The van der Waals surface area contributed by atoms with E-state index in [-0.39, 0.29) is 25.0 Å². The van der Waals surface area contributed by atoms with Crippen molar-refractivity contribution in [2.45, 2.75) is 6.92 Å². The Balaban J connectivity index is 1.80. The maximum absolute atomic E-state index is 12.7. The molecule has 2 aromatic carbocycles. The molecule has 6 heteroatoms. The molecule has 2 N–H and O–H groups in total. The highest BCUT2D eigenvalue weighted by molar-refractivity contribution is 6.11. The minimum atomic E-state index is -0.352. The summed E-state index contributed by atoms with van der Waals surface area (Å²) in [6.45, 7) is 2.70. The summed E-state index contributed by atoms with van der Waals surface area (Å²) in [6, 6.07) is 12.2. The molecule has 0 bridgehead atoms. The number of benzene rings is 2. The Labute approximate surface area is 163 Å². The Morgan fingerprint density at radius 1 is 1.21 bits per heavy atom. The fourth-order valence-corrected chi connectivity index (χ4v) is 2.76. The maximum Gasteiger partial charge on any atom is 0.255 e. The number of carbonyl (C=O) groups is 2. The zero-order chi connectivity index (χ0) is 19.9. The van der Waals surface area contributed by atoms with Gasteiger partial charge in [-0.25, -0.2) is 0 Å². The number of carbonyl (C=O) groups excluding carboxylic acids is 2. The Bertz CT molecular complexity index is 973. The molecule has 0 radical (unpaired) electrons. The monoisotopic (exact) mass is 376 g/mol. The van der Waals surface area contributed by atoms with Crippen LogP contribution in [0.2, 0.25) is 0 Å². The predicted octanol–water partition coefficient (Wildman–Crippen LogP) is 2.86. The van der Waals surface area contributed by atoms with Crippen molar-refractivity contribution in [2.24, 2.45) is 0 Å². The standard InChI is InChI=1S/C22H20N2O4/c1-3-11-23-22(26)18-7-5-6-8-19(18)24-21(25)16-12-15-13-17(27-4-2)9-10-20(15)28-14-16/h1,5-10,12-13H,4,11,14H2,2H3,(H,23,26)(H,24,25). The van der Waals surface area contributed by atoms with Crippen molar-refractivity contribution >= 4 is 23.6 Å². The highest BCUT2D eigenvalue weighted by Gasteiger charge is 2.20. The fourth-order valence-electron chi connectivity index (χ4n) is 2.76. The van der Waals surface area contributed by atoms with E-state index in [0.29, 0.717) is 34.9 Å². The maximum atomic E-state index is 12.7. The van der Waals surface area contributed by atoms with Gasteiger partial charge < -0.3 is 20.1 Å². The van der Waals surface area contributed by atoms with Crippen molar-refractivity contribution in [3.8, 4) is 23.8 Å². The molecule has 0 saturated carbocycles. The van der Waals surface area contributed by atoms with Gasteiger partial charge in [0.05, 0.1) is 30.0 Å². The van der Waals surface area contributed by atoms with Gasteiger partial charge in [-0.3, -0.25) is 9.59 Å². The molecule has 0 fully saturated rings. The van der Waals surface area contributed by atoms with E-state index in [1.54, 1.807) is 30.3 Å². The molecule has 6 nitrogen and oxygen atoms in total. The van der Waals surface area contributed by atoms with Crippen LogP contribution in [0.5, 0.6) is 11.5 Å². The smallest absolute Gasteiger partial charge is 0.255 e. The number of para-hydroxylation sites is 1. The van der Waals surface area contributed by atoms with Crippen LogP contribution in [0.15, 0.2) is 48.0 Å². The molecule has 0 unspecified atom stereocenters. The fraction of sp³-hybridized carbons (Fsp3) is 0.182. The van der Waals surface area contributed by atoms with Crippen LogP contribution >= 0.6 is 0 Å². The molecule has 1 aliphatic heterocycles. The number of nitrogens with one attached hydrogen (secondary N) is 2. The van der Waals surface area contributed by atoms with Crippen molar-refractivity contribution in [3.63, 3.8) is 0 Å². The van der Waals surface area contributed by atoms with Gasteiger partial charge in [-0.05, 0) is 43.3 Å².